The molecule has 170 valence electrons. The zero-order valence-electron chi connectivity index (χ0n) is 19.0. The number of hydrogen-bond donors (Lipinski definition) is 1. The predicted octanol–water partition coefficient (Wildman–Crippen LogP) is 5.73. The van der Waals surface area contributed by atoms with Crippen molar-refractivity contribution in [1.29, 1.82) is 0 Å². The lowest BCUT2D eigenvalue weighted by atomic mass is 10.1. The number of carbonyl (C=O) groups is 1. The molecule has 0 saturated heterocycles. The highest BCUT2D eigenvalue weighted by Gasteiger charge is 2.28. The summed E-state index contributed by atoms with van der Waals surface area (Å²) in [5, 5.41) is 3.27. The van der Waals surface area contributed by atoms with Crippen molar-refractivity contribution in [3.05, 3.63) is 70.5 Å². The van der Waals surface area contributed by atoms with E-state index in [-0.39, 0.29) is 11.2 Å². The van der Waals surface area contributed by atoms with Crippen molar-refractivity contribution in [2.45, 2.75) is 59.0 Å². The van der Waals surface area contributed by atoms with E-state index < -0.39 is 17.9 Å². The lowest BCUT2D eigenvalue weighted by molar-refractivity contribution is 0.178. The first-order valence-corrected chi connectivity index (χ1v) is 11.3. The zero-order valence-corrected chi connectivity index (χ0v) is 19.0. The molecule has 1 aromatic heterocycles. The minimum Gasteiger partial charge on any atom is -0.314 e. The van der Waals surface area contributed by atoms with Gasteiger partial charge in [0, 0.05) is 13.1 Å². The van der Waals surface area contributed by atoms with Crippen molar-refractivity contribution in [2.24, 2.45) is 0 Å². The molecule has 0 aliphatic carbocycles. The minimum absolute atomic E-state index is 0.101. The average molecular weight is 439 g/mol. The summed E-state index contributed by atoms with van der Waals surface area (Å²) in [5.74, 6) is 0.0777. The summed E-state index contributed by atoms with van der Waals surface area (Å²) < 4.78 is 15.9. The number of para-hydroxylation sites is 2. The van der Waals surface area contributed by atoms with E-state index in [0.29, 0.717) is 36.2 Å². The first kappa shape index (κ1) is 23.4. The van der Waals surface area contributed by atoms with Crippen LogP contribution in [0.4, 0.5) is 14.9 Å². The Balaban J connectivity index is 2.08. The third-order valence-electron chi connectivity index (χ3n) is 5.53. The number of amides is 2. The Labute approximate surface area is 188 Å². The number of unbranched alkanes of at least 4 members (excludes halogenated alkanes) is 1. The Kier molecular flexibility index (Phi) is 7.98. The molecule has 0 fully saturated rings. The molecule has 2 aromatic carbocycles. The van der Waals surface area contributed by atoms with Crippen molar-refractivity contribution in [2.75, 3.05) is 11.9 Å². The van der Waals surface area contributed by atoms with Gasteiger partial charge in [-0.05, 0) is 43.5 Å². The molecule has 0 aliphatic heterocycles. The number of nitrogens with zero attached hydrogens (tertiary/aromatic N) is 3. The normalized spacial score (nSPS) is 12.0. The van der Waals surface area contributed by atoms with Crippen molar-refractivity contribution in [3.8, 4) is 0 Å². The summed E-state index contributed by atoms with van der Waals surface area (Å²) in [6.45, 7) is 7.02. The molecular weight excluding hydrogens is 407 g/mol. The second-order valence-corrected chi connectivity index (χ2v) is 7.82. The molecule has 1 heterocycles. The number of nitrogens with one attached hydrogen (secondary N) is 1. The predicted molar refractivity (Wildman–Crippen MR) is 126 cm³/mol. The lowest BCUT2D eigenvalue weighted by Gasteiger charge is -2.32. The number of fused-ring (bicyclic) bond motifs is 1. The molecule has 0 saturated carbocycles. The summed E-state index contributed by atoms with van der Waals surface area (Å²) in [7, 11) is 0. The van der Waals surface area contributed by atoms with Gasteiger partial charge in [-0.2, -0.15) is 0 Å². The topological polar surface area (TPSA) is 67.2 Å². The Hall–Kier alpha value is -3.22. The molecule has 1 N–H and O–H groups in total. The molecule has 6 nitrogen and oxygen atoms in total. The van der Waals surface area contributed by atoms with Crippen LogP contribution in [-0.4, -0.2) is 27.0 Å². The lowest BCUT2D eigenvalue weighted by Crippen LogP contribution is -2.41. The molecule has 32 heavy (non-hydrogen) atoms. The van der Waals surface area contributed by atoms with Gasteiger partial charge in [-0.15, -0.1) is 0 Å². The van der Waals surface area contributed by atoms with Gasteiger partial charge in [-0.25, -0.2) is 14.2 Å². The molecule has 7 heteroatoms. The fourth-order valence-electron chi connectivity index (χ4n) is 3.90. The molecule has 2 amide bonds. The second-order valence-electron chi connectivity index (χ2n) is 7.82. The molecule has 0 spiro atoms. The van der Waals surface area contributed by atoms with Crippen molar-refractivity contribution in [3.63, 3.8) is 0 Å². The van der Waals surface area contributed by atoms with Crippen LogP contribution in [0.1, 0.15) is 58.3 Å². The van der Waals surface area contributed by atoms with E-state index in [9.17, 15) is 14.0 Å². The van der Waals surface area contributed by atoms with Crippen LogP contribution in [0.5, 0.6) is 0 Å². The summed E-state index contributed by atoms with van der Waals surface area (Å²) in [6, 6.07) is 12.6. The number of carbonyl (C=O) groups excluding carboxylic acids is 1. The van der Waals surface area contributed by atoms with Gasteiger partial charge in [0.25, 0.3) is 5.56 Å². The second kappa shape index (κ2) is 10.9. The monoisotopic (exact) mass is 438 g/mol. The summed E-state index contributed by atoms with van der Waals surface area (Å²) >= 11 is 0. The van der Waals surface area contributed by atoms with E-state index in [4.69, 9.17) is 4.98 Å². The number of benzene rings is 2. The largest absolute Gasteiger partial charge is 0.322 e. The van der Waals surface area contributed by atoms with Crippen LogP contribution in [0.15, 0.2) is 53.3 Å². The summed E-state index contributed by atoms with van der Waals surface area (Å²) in [5.41, 5.74) is 0.644. The van der Waals surface area contributed by atoms with Crippen LogP contribution in [0.2, 0.25) is 0 Å². The number of rotatable bonds is 9. The molecule has 0 radical (unpaired) electrons. The van der Waals surface area contributed by atoms with E-state index in [1.165, 1.54) is 12.1 Å². The molecule has 3 aromatic rings. The molecule has 0 bridgehead atoms. The van der Waals surface area contributed by atoms with Crippen molar-refractivity contribution >= 4 is 22.6 Å². The average Bonchev–Trinajstić information content (AvgIpc) is 2.80. The number of anilines is 1. The Morgan fingerprint density at radius 2 is 1.81 bits per heavy atom. The fraction of sp³-hybridized carbons (Fsp3) is 0.400. The van der Waals surface area contributed by atoms with Crippen LogP contribution in [0, 0.1) is 5.82 Å². The van der Waals surface area contributed by atoms with Gasteiger partial charge >= 0.3 is 6.03 Å². The third kappa shape index (κ3) is 4.98. The maximum Gasteiger partial charge on any atom is 0.322 e. The highest BCUT2D eigenvalue weighted by atomic mass is 19.1. The van der Waals surface area contributed by atoms with E-state index in [0.717, 1.165) is 19.3 Å². The van der Waals surface area contributed by atoms with E-state index in [2.05, 4.69) is 12.2 Å². The number of halogens is 1. The van der Waals surface area contributed by atoms with Gasteiger partial charge < -0.3 is 10.2 Å². The minimum atomic E-state index is -0.490. The maximum absolute atomic E-state index is 14.2. The molecule has 0 aliphatic rings. The first-order chi connectivity index (χ1) is 15.5. The van der Waals surface area contributed by atoms with Gasteiger partial charge in [0.05, 0.1) is 22.6 Å². The Morgan fingerprint density at radius 1 is 1.09 bits per heavy atom. The van der Waals surface area contributed by atoms with E-state index in [1.807, 2.05) is 32.0 Å². The van der Waals surface area contributed by atoms with Gasteiger partial charge in [0.15, 0.2) is 0 Å². The third-order valence-corrected chi connectivity index (χ3v) is 5.53. The zero-order chi connectivity index (χ0) is 23.1. The van der Waals surface area contributed by atoms with Crippen LogP contribution >= 0.6 is 0 Å². The smallest absolute Gasteiger partial charge is 0.314 e. The highest BCUT2D eigenvalue weighted by molar-refractivity contribution is 5.89. The standard InChI is InChI=1S/C25H31FN4O2/c1-4-7-17-29(25(32)28-21-15-11-9-13-19(21)26)22(6-3)23-27-20-14-10-8-12-18(20)24(31)30(23)16-5-2/h8-15,22H,4-7,16-17H2,1-3H3,(H,28,32). The van der Waals surface area contributed by atoms with Crippen molar-refractivity contribution < 1.29 is 9.18 Å². The quantitative estimate of drug-likeness (QED) is 0.464. The molecule has 3 rings (SSSR count). The van der Waals surface area contributed by atoms with Gasteiger partial charge in [0.2, 0.25) is 0 Å². The van der Waals surface area contributed by atoms with Crippen LogP contribution < -0.4 is 10.9 Å². The molecule has 1 unspecified atom stereocenters. The van der Waals surface area contributed by atoms with Gasteiger partial charge in [-0.1, -0.05) is 51.5 Å². The SMILES string of the molecule is CCCCN(C(=O)Nc1ccccc1F)C(CC)c1nc2ccccc2c(=O)n1CCC. The van der Waals surface area contributed by atoms with Crippen LogP contribution in [0.25, 0.3) is 10.9 Å². The molecule has 1 atom stereocenters. The number of hydrogen-bond acceptors (Lipinski definition) is 3. The Morgan fingerprint density at radius 3 is 2.50 bits per heavy atom. The van der Waals surface area contributed by atoms with Crippen molar-refractivity contribution in [1.82, 2.24) is 14.5 Å². The fourth-order valence-corrected chi connectivity index (χ4v) is 3.90. The van der Waals surface area contributed by atoms with Gasteiger partial charge in [-0.3, -0.25) is 9.36 Å². The maximum atomic E-state index is 14.2. The van der Waals surface area contributed by atoms with Crippen LogP contribution in [-0.2, 0) is 6.54 Å². The summed E-state index contributed by atoms with van der Waals surface area (Å²) in [4.78, 5) is 33.1. The number of urea groups is 1. The number of aromatic nitrogens is 2. The van der Waals surface area contributed by atoms with Crippen LogP contribution in [0.3, 0.4) is 0 Å². The Bertz CT molecular complexity index is 1130. The summed E-state index contributed by atoms with van der Waals surface area (Å²) in [6.07, 6.45) is 3.02. The van der Waals surface area contributed by atoms with E-state index >= 15 is 0 Å². The first-order valence-electron chi connectivity index (χ1n) is 11.3. The van der Waals surface area contributed by atoms with Gasteiger partial charge in [0.1, 0.15) is 11.6 Å². The molecular formula is C25H31FN4O2. The van der Waals surface area contributed by atoms with E-state index in [1.54, 1.807) is 27.7 Å². The highest BCUT2D eigenvalue weighted by Crippen LogP contribution is 2.26.